The molecule has 0 amide bonds. The molecule has 0 fully saturated rings. The summed E-state index contributed by atoms with van der Waals surface area (Å²) < 4.78 is 5.63. The predicted octanol–water partition coefficient (Wildman–Crippen LogP) is 2.72. The maximum atomic E-state index is 5.87. The van der Waals surface area contributed by atoms with E-state index in [4.69, 9.17) is 21.8 Å². The molecule has 2 aromatic rings. The van der Waals surface area contributed by atoms with Gasteiger partial charge in [0, 0.05) is 11.6 Å². The lowest BCUT2D eigenvalue weighted by Crippen LogP contribution is -2.28. The first-order valence-electron chi connectivity index (χ1n) is 4.79. The van der Waals surface area contributed by atoms with Crippen molar-refractivity contribution >= 4 is 22.7 Å². The van der Waals surface area contributed by atoms with E-state index in [1.165, 1.54) is 0 Å². The highest BCUT2D eigenvalue weighted by molar-refractivity contribution is 6.31. The van der Waals surface area contributed by atoms with Gasteiger partial charge in [-0.3, -0.25) is 0 Å². The fraction of sp³-hybridized carbons (Fsp3) is 0.364. The summed E-state index contributed by atoms with van der Waals surface area (Å²) in [6.07, 6.45) is 0. The van der Waals surface area contributed by atoms with E-state index in [1.807, 2.05) is 19.9 Å². The molecule has 0 aliphatic rings. The molecule has 2 rings (SSSR count). The summed E-state index contributed by atoms with van der Waals surface area (Å²) in [4.78, 5) is 4.38. The first kappa shape index (κ1) is 10.5. The van der Waals surface area contributed by atoms with Gasteiger partial charge < -0.3 is 10.2 Å². The Morgan fingerprint density at radius 2 is 2.20 bits per heavy atom. The number of rotatable bonds is 2. The van der Waals surface area contributed by atoms with Gasteiger partial charge in [0.1, 0.15) is 5.52 Å². The lowest BCUT2D eigenvalue weighted by atomic mass is 9.94. The maximum Gasteiger partial charge on any atom is 0.202 e. The van der Waals surface area contributed by atoms with Crippen LogP contribution in [-0.2, 0) is 5.41 Å². The number of halogens is 1. The fourth-order valence-electron chi connectivity index (χ4n) is 1.28. The van der Waals surface area contributed by atoms with Gasteiger partial charge in [0.25, 0.3) is 0 Å². The SMILES string of the molecule is CC(C)(CN)c1nc2cc(Cl)ccc2o1. The summed E-state index contributed by atoms with van der Waals surface area (Å²) in [5.74, 6) is 0.655. The average molecular weight is 225 g/mol. The van der Waals surface area contributed by atoms with E-state index in [-0.39, 0.29) is 5.41 Å². The normalized spacial score (nSPS) is 12.3. The Bertz CT molecular complexity index is 490. The molecule has 0 saturated heterocycles. The van der Waals surface area contributed by atoms with Crippen LogP contribution < -0.4 is 5.73 Å². The molecule has 0 radical (unpaired) electrons. The van der Waals surface area contributed by atoms with Crippen LogP contribution in [0.3, 0.4) is 0 Å². The fourth-order valence-corrected chi connectivity index (χ4v) is 1.44. The second kappa shape index (κ2) is 3.51. The molecule has 0 aliphatic carbocycles. The summed E-state index contributed by atoms with van der Waals surface area (Å²) >= 11 is 5.87. The second-order valence-corrected chi connectivity index (χ2v) is 4.66. The standard InChI is InChI=1S/C11H13ClN2O/c1-11(2,6-13)10-14-8-5-7(12)3-4-9(8)15-10/h3-5H,6,13H2,1-2H3. The number of nitrogens with zero attached hydrogens (tertiary/aromatic N) is 1. The van der Waals surface area contributed by atoms with Gasteiger partial charge >= 0.3 is 0 Å². The summed E-state index contributed by atoms with van der Waals surface area (Å²) in [6, 6.07) is 5.39. The van der Waals surface area contributed by atoms with Crippen LogP contribution in [0.4, 0.5) is 0 Å². The minimum Gasteiger partial charge on any atom is -0.440 e. The van der Waals surface area contributed by atoms with Gasteiger partial charge in [0.05, 0.1) is 5.41 Å². The van der Waals surface area contributed by atoms with Crippen molar-refractivity contribution in [3.05, 3.63) is 29.1 Å². The third-order valence-corrected chi connectivity index (χ3v) is 2.67. The Hall–Kier alpha value is -1.06. The molecular formula is C11H13ClN2O. The third kappa shape index (κ3) is 1.85. The molecule has 0 unspecified atom stereocenters. The molecule has 0 atom stereocenters. The van der Waals surface area contributed by atoms with Gasteiger partial charge in [-0.15, -0.1) is 0 Å². The Morgan fingerprint density at radius 1 is 1.47 bits per heavy atom. The lowest BCUT2D eigenvalue weighted by Gasteiger charge is -2.16. The van der Waals surface area contributed by atoms with Crippen LogP contribution in [0.5, 0.6) is 0 Å². The maximum absolute atomic E-state index is 5.87. The van der Waals surface area contributed by atoms with Crippen LogP contribution in [-0.4, -0.2) is 11.5 Å². The zero-order valence-corrected chi connectivity index (χ0v) is 9.51. The summed E-state index contributed by atoms with van der Waals surface area (Å²) in [7, 11) is 0. The summed E-state index contributed by atoms with van der Waals surface area (Å²) in [5, 5.41) is 0.660. The van der Waals surface area contributed by atoms with Crippen LogP contribution in [0.25, 0.3) is 11.1 Å². The molecule has 0 saturated carbocycles. The van der Waals surface area contributed by atoms with Crippen molar-refractivity contribution in [3.8, 4) is 0 Å². The molecule has 1 heterocycles. The van der Waals surface area contributed by atoms with Crippen molar-refractivity contribution in [2.45, 2.75) is 19.3 Å². The van der Waals surface area contributed by atoms with E-state index in [2.05, 4.69) is 4.98 Å². The van der Waals surface area contributed by atoms with E-state index in [1.54, 1.807) is 12.1 Å². The van der Waals surface area contributed by atoms with E-state index in [0.29, 0.717) is 17.5 Å². The van der Waals surface area contributed by atoms with Crippen LogP contribution in [0.2, 0.25) is 5.02 Å². The van der Waals surface area contributed by atoms with Crippen molar-refractivity contribution in [1.29, 1.82) is 0 Å². The zero-order valence-electron chi connectivity index (χ0n) is 8.75. The number of aromatic nitrogens is 1. The van der Waals surface area contributed by atoms with Crippen molar-refractivity contribution in [1.82, 2.24) is 4.98 Å². The van der Waals surface area contributed by atoms with Gasteiger partial charge in [-0.05, 0) is 32.0 Å². The molecule has 1 aromatic carbocycles. The minimum atomic E-state index is -0.245. The van der Waals surface area contributed by atoms with Gasteiger partial charge in [0.15, 0.2) is 5.58 Å². The Labute approximate surface area is 93.2 Å². The van der Waals surface area contributed by atoms with Crippen molar-refractivity contribution in [2.75, 3.05) is 6.54 Å². The quantitative estimate of drug-likeness (QED) is 0.854. The highest BCUT2D eigenvalue weighted by Crippen LogP contribution is 2.26. The topological polar surface area (TPSA) is 52.0 Å². The number of hydrogen-bond acceptors (Lipinski definition) is 3. The van der Waals surface area contributed by atoms with Gasteiger partial charge in [-0.25, -0.2) is 4.98 Å². The molecule has 0 aliphatic heterocycles. The number of fused-ring (bicyclic) bond motifs is 1. The van der Waals surface area contributed by atoms with Gasteiger partial charge in [-0.2, -0.15) is 0 Å². The molecule has 80 valence electrons. The largest absolute Gasteiger partial charge is 0.440 e. The van der Waals surface area contributed by atoms with Crippen molar-refractivity contribution < 1.29 is 4.42 Å². The molecule has 4 heteroatoms. The number of hydrogen-bond donors (Lipinski definition) is 1. The number of oxazole rings is 1. The minimum absolute atomic E-state index is 0.245. The van der Waals surface area contributed by atoms with Crippen molar-refractivity contribution in [3.63, 3.8) is 0 Å². The molecule has 0 bridgehead atoms. The molecule has 0 spiro atoms. The summed E-state index contributed by atoms with van der Waals surface area (Å²) in [5.41, 5.74) is 6.94. The Morgan fingerprint density at radius 3 is 2.87 bits per heavy atom. The first-order chi connectivity index (χ1) is 7.03. The van der Waals surface area contributed by atoms with Gasteiger partial charge in [0.2, 0.25) is 5.89 Å². The zero-order chi connectivity index (χ0) is 11.1. The average Bonchev–Trinajstić information content (AvgIpc) is 2.61. The van der Waals surface area contributed by atoms with E-state index >= 15 is 0 Å². The monoisotopic (exact) mass is 224 g/mol. The number of nitrogens with two attached hydrogens (primary N) is 1. The van der Waals surface area contributed by atoms with E-state index < -0.39 is 0 Å². The Kier molecular flexibility index (Phi) is 2.44. The van der Waals surface area contributed by atoms with E-state index in [9.17, 15) is 0 Å². The van der Waals surface area contributed by atoms with Crippen molar-refractivity contribution in [2.24, 2.45) is 5.73 Å². The highest BCUT2D eigenvalue weighted by atomic mass is 35.5. The molecule has 15 heavy (non-hydrogen) atoms. The number of benzene rings is 1. The van der Waals surface area contributed by atoms with E-state index in [0.717, 1.165) is 11.1 Å². The lowest BCUT2D eigenvalue weighted by molar-refractivity contribution is 0.391. The molecule has 2 N–H and O–H groups in total. The highest BCUT2D eigenvalue weighted by Gasteiger charge is 2.25. The predicted molar refractivity (Wildman–Crippen MR) is 61.1 cm³/mol. The first-order valence-corrected chi connectivity index (χ1v) is 5.17. The van der Waals surface area contributed by atoms with Gasteiger partial charge in [-0.1, -0.05) is 11.6 Å². The molecule has 3 nitrogen and oxygen atoms in total. The molecule has 1 aromatic heterocycles. The van der Waals surface area contributed by atoms with Crippen LogP contribution >= 0.6 is 11.6 Å². The van der Waals surface area contributed by atoms with Crippen LogP contribution in [0.15, 0.2) is 22.6 Å². The Balaban J connectivity index is 2.56. The van der Waals surface area contributed by atoms with Crippen LogP contribution in [0, 0.1) is 0 Å². The van der Waals surface area contributed by atoms with Crippen LogP contribution in [0.1, 0.15) is 19.7 Å². The summed E-state index contributed by atoms with van der Waals surface area (Å²) in [6.45, 7) is 4.49. The molecular weight excluding hydrogens is 212 g/mol. The smallest absolute Gasteiger partial charge is 0.202 e. The third-order valence-electron chi connectivity index (χ3n) is 2.44. The second-order valence-electron chi connectivity index (χ2n) is 4.22.